The zero-order valence-electron chi connectivity index (χ0n) is 12.4. The molecular weight excluding hydrogens is 262 g/mol. The molecule has 4 nitrogen and oxygen atoms in total. The fourth-order valence-electron chi connectivity index (χ4n) is 3.15. The van der Waals surface area contributed by atoms with Gasteiger partial charge in [0.1, 0.15) is 5.69 Å². The quantitative estimate of drug-likeness (QED) is 0.878. The predicted octanol–water partition coefficient (Wildman–Crippen LogP) is 2.83. The summed E-state index contributed by atoms with van der Waals surface area (Å²) in [5.41, 5.74) is 1.33. The van der Waals surface area contributed by atoms with E-state index in [1.807, 2.05) is 36.4 Å². The number of nitrogens with one attached hydrogen (secondary N) is 1. The topological polar surface area (TPSA) is 46.9 Å². The molecule has 2 aromatic rings. The summed E-state index contributed by atoms with van der Waals surface area (Å²) < 4.78 is 1.76. The Morgan fingerprint density at radius 1 is 1.33 bits per heavy atom. The minimum atomic E-state index is -0.287. The SMILES string of the molecule is CCC1(C(=O)c2ccnn2-c2ccccc2)CCCNC1. The Bertz CT molecular complexity index is 612. The summed E-state index contributed by atoms with van der Waals surface area (Å²) in [6.45, 7) is 3.88. The molecule has 1 aromatic heterocycles. The summed E-state index contributed by atoms with van der Waals surface area (Å²) in [7, 11) is 0. The average Bonchev–Trinajstić information content (AvgIpc) is 3.05. The Hall–Kier alpha value is -1.94. The minimum absolute atomic E-state index is 0.207. The normalized spacial score (nSPS) is 22.1. The second kappa shape index (κ2) is 5.82. The molecule has 4 heteroatoms. The molecule has 0 radical (unpaired) electrons. The lowest BCUT2D eigenvalue weighted by Gasteiger charge is -2.35. The van der Waals surface area contributed by atoms with Gasteiger partial charge >= 0.3 is 0 Å². The number of carbonyl (C=O) groups excluding carboxylic acids is 1. The number of Topliss-reactive ketones (excluding diaryl/α,β-unsaturated/α-hetero) is 1. The number of piperidine rings is 1. The van der Waals surface area contributed by atoms with Gasteiger partial charge in [-0.3, -0.25) is 4.79 Å². The molecule has 3 rings (SSSR count). The molecule has 1 saturated heterocycles. The monoisotopic (exact) mass is 283 g/mol. The molecule has 0 aliphatic carbocycles. The molecule has 0 bridgehead atoms. The van der Waals surface area contributed by atoms with Crippen molar-refractivity contribution < 1.29 is 4.79 Å². The van der Waals surface area contributed by atoms with Crippen LogP contribution in [0.25, 0.3) is 5.69 Å². The molecule has 1 aliphatic rings. The van der Waals surface area contributed by atoms with Gasteiger partial charge in [-0.15, -0.1) is 0 Å². The maximum atomic E-state index is 13.1. The van der Waals surface area contributed by atoms with Crippen molar-refractivity contribution in [3.63, 3.8) is 0 Å². The van der Waals surface area contributed by atoms with Crippen LogP contribution in [0.5, 0.6) is 0 Å². The van der Waals surface area contributed by atoms with Crippen molar-refractivity contribution in [3.05, 3.63) is 48.3 Å². The molecule has 1 aromatic carbocycles. The van der Waals surface area contributed by atoms with Crippen LogP contribution < -0.4 is 5.32 Å². The maximum absolute atomic E-state index is 13.1. The Morgan fingerprint density at radius 3 is 2.81 bits per heavy atom. The van der Waals surface area contributed by atoms with E-state index in [0.29, 0.717) is 5.69 Å². The fraction of sp³-hybridized carbons (Fsp3) is 0.412. The molecule has 1 atom stereocenters. The Morgan fingerprint density at radius 2 is 2.14 bits per heavy atom. The van der Waals surface area contributed by atoms with Gasteiger partial charge < -0.3 is 5.32 Å². The number of benzene rings is 1. The van der Waals surface area contributed by atoms with Gasteiger partial charge in [0.15, 0.2) is 5.78 Å². The lowest BCUT2D eigenvalue weighted by molar-refractivity contribution is 0.0721. The van der Waals surface area contributed by atoms with Crippen LogP contribution in [0.1, 0.15) is 36.7 Å². The molecule has 21 heavy (non-hydrogen) atoms. The van der Waals surface area contributed by atoms with Gasteiger partial charge in [0, 0.05) is 12.0 Å². The summed E-state index contributed by atoms with van der Waals surface area (Å²) in [5, 5.41) is 7.72. The van der Waals surface area contributed by atoms with E-state index in [4.69, 9.17) is 0 Å². The highest BCUT2D eigenvalue weighted by atomic mass is 16.1. The van der Waals surface area contributed by atoms with Gasteiger partial charge in [-0.25, -0.2) is 4.68 Å². The van der Waals surface area contributed by atoms with E-state index in [0.717, 1.165) is 38.0 Å². The highest BCUT2D eigenvalue weighted by molar-refractivity contribution is 5.99. The average molecular weight is 283 g/mol. The first-order chi connectivity index (χ1) is 10.3. The summed E-state index contributed by atoms with van der Waals surface area (Å²) in [6.07, 6.45) is 4.58. The van der Waals surface area contributed by atoms with Gasteiger partial charge in [0.05, 0.1) is 11.9 Å². The molecule has 1 fully saturated rings. The number of hydrogen-bond donors (Lipinski definition) is 1. The predicted molar refractivity (Wildman–Crippen MR) is 82.7 cm³/mol. The van der Waals surface area contributed by atoms with Crippen LogP contribution >= 0.6 is 0 Å². The van der Waals surface area contributed by atoms with E-state index >= 15 is 0 Å². The van der Waals surface area contributed by atoms with Gasteiger partial charge in [0.25, 0.3) is 0 Å². The Labute approximate surface area is 125 Å². The maximum Gasteiger partial charge on any atom is 0.188 e. The molecule has 1 unspecified atom stereocenters. The number of rotatable bonds is 4. The number of para-hydroxylation sites is 1. The number of ketones is 1. The van der Waals surface area contributed by atoms with Crippen LogP contribution in [0.2, 0.25) is 0 Å². The minimum Gasteiger partial charge on any atom is -0.316 e. The second-order valence-corrected chi connectivity index (χ2v) is 5.71. The van der Waals surface area contributed by atoms with Crippen LogP contribution in [0.15, 0.2) is 42.6 Å². The van der Waals surface area contributed by atoms with Crippen LogP contribution in [-0.4, -0.2) is 28.7 Å². The van der Waals surface area contributed by atoms with Crippen LogP contribution in [0, 0.1) is 5.41 Å². The number of aromatic nitrogens is 2. The van der Waals surface area contributed by atoms with E-state index in [2.05, 4.69) is 17.3 Å². The van der Waals surface area contributed by atoms with Crippen LogP contribution in [-0.2, 0) is 0 Å². The van der Waals surface area contributed by atoms with E-state index in [-0.39, 0.29) is 11.2 Å². The zero-order chi connectivity index (χ0) is 14.7. The molecule has 1 aliphatic heterocycles. The lowest BCUT2D eigenvalue weighted by Crippen LogP contribution is -2.45. The first-order valence-corrected chi connectivity index (χ1v) is 7.62. The summed E-state index contributed by atoms with van der Waals surface area (Å²) in [5.74, 6) is 0.207. The van der Waals surface area contributed by atoms with Crippen molar-refractivity contribution in [2.75, 3.05) is 13.1 Å². The Kier molecular flexibility index (Phi) is 3.88. The number of carbonyl (C=O) groups is 1. The number of hydrogen-bond acceptors (Lipinski definition) is 3. The van der Waals surface area contributed by atoms with Crippen molar-refractivity contribution in [2.45, 2.75) is 26.2 Å². The van der Waals surface area contributed by atoms with Crippen molar-refractivity contribution >= 4 is 5.78 Å². The number of nitrogens with zero attached hydrogens (tertiary/aromatic N) is 2. The zero-order valence-corrected chi connectivity index (χ0v) is 12.4. The largest absolute Gasteiger partial charge is 0.316 e. The van der Waals surface area contributed by atoms with Gasteiger partial charge in [-0.2, -0.15) is 5.10 Å². The summed E-state index contributed by atoms with van der Waals surface area (Å²) in [6, 6.07) is 11.7. The van der Waals surface area contributed by atoms with Gasteiger partial charge in [-0.1, -0.05) is 25.1 Å². The fourth-order valence-corrected chi connectivity index (χ4v) is 3.15. The second-order valence-electron chi connectivity index (χ2n) is 5.71. The van der Waals surface area contributed by atoms with E-state index in [1.54, 1.807) is 10.9 Å². The highest BCUT2D eigenvalue weighted by Crippen LogP contribution is 2.34. The van der Waals surface area contributed by atoms with Crippen LogP contribution in [0.4, 0.5) is 0 Å². The van der Waals surface area contributed by atoms with E-state index in [9.17, 15) is 4.79 Å². The van der Waals surface area contributed by atoms with E-state index in [1.165, 1.54) is 0 Å². The molecule has 2 heterocycles. The molecule has 0 spiro atoms. The summed E-state index contributed by atoms with van der Waals surface area (Å²) >= 11 is 0. The van der Waals surface area contributed by atoms with Crippen molar-refractivity contribution in [1.29, 1.82) is 0 Å². The first-order valence-electron chi connectivity index (χ1n) is 7.62. The van der Waals surface area contributed by atoms with Crippen molar-refractivity contribution in [2.24, 2.45) is 5.41 Å². The first kappa shape index (κ1) is 14.0. The molecular formula is C17H21N3O. The van der Waals surface area contributed by atoms with E-state index < -0.39 is 0 Å². The van der Waals surface area contributed by atoms with Crippen molar-refractivity contribution in [3.8, 4) is 5.69 Å². The van der Waals surface area contributed by atoms with Crippen LogP contribution in [0.3, 0.4) is 0 Å². The summed E-state index contributed by atoms with van der Waals surface area (Å²) in [4.78, 5) is 13.1. The lowest BCUT2D eigenvalue weighted by atomic mass is 9.74. The van der Waals surface area contributed by atoms with Gasteiger partial charge in [-0.05, 0) is 44.0 Å². The third-order valence-electron chi connectivity index (χ3n) is 4.51. The molecule has 0 amide bonds. The third kappa shape index (κ3) is 2.51. The molecule has 0 saturated carbocycles. The molecule has 1 N–H and O–H groups in total. The van der Waals surface area contributed by atoms with Crippen molar-refractivity contribution in [1.82, 2.24) is 15.1 Å². The smallest absolute Gasteiger partial charge is 0.188 e. The standard InChI is InChI=1S/C17H21N3O/c1-2-17(10-6-11-18-13-17)16(21)15-9-12-19-20(15)14-7-4-3-5-8-14/h3-5,7-9,12,18H,2,6,10-11,13H2,1H3. The molecule has 110 valence electrons. The Balaban J connectivity index is 1.97. The third-order valence-corrected chi connectivity index (χ3v) is 4.51. The van der Waals surface area contributed by atoms with Gasteiger partial charge in [0.2, 0.25) is 0 Å². The highest BCUT2D eigenvalue weighted by Gasteiger charge is 2.39.